The molecular formula is C21H32N4. The highest BCUT2D eigenvalue weighted by Gasteiger charge is 2.25. The number of benzene rings is 1. The quantitative estimate of drug-likeness (QED) is 0.761. The molecule has 1 saturated heterocycles. The van der Waals surface area contributed by atoms with Crippen molar-refractivity contribution in [2.24, 2.45) is 5.92 Å². The first-order valence-corrected chi connectivity index (χ1v) is 9.71. The number of hydrogen-bond donors (Lipinski definition) is 1. The Morgan fingerprint density at radius 1 is 1.20 bits per heavy atom. The lowest BCUT2D eigenvalue weighted by Gasteiger charge is -2.29. The Bertz CT molecular complexity index is 594. The molecule has 0 spiro atoms. The molecule has 0 radical (unpaired) electrons. The molecule has 4 nitrogen and oxygen atoms in total. The van der Waals surface area contributed by atoms with Gasteiger partial charge in [-0.05, 0) is 43.4 Å². The Kier molecular flexibility index (Phi) is 6.65. The fraction of sp³-hybridized carbons (Fsp3) is 0.571. The molecule has 1 aliphatic rings. The molecular weight excluding hydrogens is 308 g/mol. The van der Waals surface area contributed by atoms with Crippen molar-refractivity contribution in [1.29, 1.82) is 0 Å². The fourth-order valence-electron chi connectivity index (χ4n) is 3.75. The van der Waals surface area contributed by atoms with Gasteiger partial charge in [-0.15, -0.1) is 0 Å². The molecule has 0 bridgehead atoms. The standard InChI is InChI=1S/C21H32N4/c1-18(2)21(17-25-14-7-12-23-25)22-16-20-10-6-13-24(20)15-11-19-8-4-3-5-9-19/h3-5,7-9,12,14,18,20-22H,6,10-11,13,15-17H2,1-2H3/t20-,21+/m0/s1. The van der Waals surface area contributed by atoms with E-state index in [1.165, 1.54) is 31.5 Å². The normalized spacial score (nSPS) is 19.6. The molecule has 0 amide bonds. The number of aromatic nitrogens is 2. The molecule has 4 heteroatoms. The predicted molar refractivity (Wildman–Crippen MR) is 104 cm³/mol. The van der Waals surface area contributed by atoms with E-state index in [1.54, 1.807) is 0 Å². The van der Waals surface area contributed by atoms with Gasteiger partial charge in [-0.2, -0.15) is 5.10 Å². The number of likely N-dealkylation sites (tertiary alicyclic amines) is 1. The highest BCUT2D eigenvalue weighted by Crippen LogP contribution is 2.18. The molecule has 0 saturated carbocycles. The second-order valence-electron chi connectivity index (χ2n) is 7.55. The van der Waals surface area contributed by atoms with E-state index in [4.69, 9.17) is 0 Å². The topological polar surface area (TPSA) is 33.1 Å². The Morgan fingerprint density at radius 3 is 2.76 bits per heavy atom. The minimum absolute atomic E-state index is 0.469. The van der Waals surface area contributed by atoms with Crippen LogP contribution in [0.15, 0.2) is 48.8 Å². The van der Waals surface area contributed by atoms with Crippen LogP contribution < -0.4 is 5.32 Å². The summed E-state index contributed by atoms with van der Waals surface area (Å²) >= 11 is 0. The SMILES string of the molecule is CC(C)[C@@H](Cn1cccn1)NC[C@@H]1CCCN1CCc1ccccc1. The number of rotatable bonds is 9. The average molecular weight is 341 g/mol. The van der Waals surface area contributed by atoms with E-state index in [-0.39, 0.29) is 0 Å². The zero-order valence-corrected chi connectivity index (χ0v) is 15.6. The summed E-state index contributed by atoms with van der Waals surface area (Å²) in [7, 11) is 0. The van der Waals surface area contributed by atoms with Crippen molar-refractivity contribution in [2.45, 2.75) is 51.7 Å². The van der Waals surface area contributed by atoms with E-state index in [2.05, 4.69) is 65.7 Å². The maximum Gasteiger partial charge on any atom is 0.0565 e. The average Bonchev–Trinajstić information content (AvgIpc) is 3.29. The summed E-state index contributed by atoms with van der Waals surface area (Å²) in [6.07, 6.45) is 7.71. The van der Waals surface area contributed by atoms with Crippen LogP contribution in [0.3, 0.4) is 0 Å². The summed E-state index contributed by atoms with van der Waals surface area (Å²) in [4.78, 5) is 2.67. The molecule has 1 fully saturated rings. The highest BCUT2D eigenvalue weighted by atomic mass is 15.3. The molecule has 1 aromatic heterocycles. The van der Waals surface area contributed by atoms with Crippen LogP contribution >= 0.6 is 0 Å². The smallest absolute Gasteiger partial charge is 0.0565 e. The first-order valence-electron chi connectivity index (χ1n) is 9.71. The van der Waals surface area contributed by atoms with Gasteiger partial charge in [0.1, 0.15) is 0 Å². The van der Waals surface area contributed by atoms with Gasteiger partial charge in [0.15, 0.2) is 0 Å². The lowest BCUT2D eigenvalue weighted by molar-refractivity contribution is 0.231. The van der Waals surface area contributed by atoms with Crippen LogP contribution in [0, 0.1) is 5.92 Å². The monoisotopic (exact) mass is 340 g/mol. The van der Waals surface area contributed by atoms with E-state index in [0.29, 0.717) is 18.0 Å². The van der Waals surface area contributed by atoms with Crippen molar-refractivity contribution in [3.05, 3.63) is 54.4 Å². The van der Waals surface area contributed by atoms with Crippen molar-refractivity contribution in [3.8, 4) is 0 Å². The molecule has 2 atom stereocenters. The summed E-state index contributed by atoms with van der Waals surface area (Å²) in [5.74, 6) is 0.600. The van der Waals surface area contributed by atoms with E-state index < -0.39 is 0 Å². The van der Waals surface area contributed by atoms with Crippen LogP contribution in [0.4, 0.5) is 0 Å². The third-order valence-corrected chi connectivity index (χ3v) is 5.39. The molecule has 0 aliphatic carbocycles. The Hall–Kier alpha value is -1.65. The Morgan fingerprint density at radius 2 is 2.04 bits per heavy atom. The lowest BCUT2D eigenvalue weighted by atomic mass is 10.0. The van der Waals surface area contributed by atoms with Crippen LogP contribution in [-0.4, -0.2) is 46.4 Å². The minimum Gasteiger partial charge on any atom is -0.310 e. The van der Waals surface area contributed by atoms with Crippen molar-refractivity contribution in [2.75, 3.05) is 19.6 Å². The van der Waals surface area contributed by atoms with Crippen molar-refractivity contribution in [3.63, 3.8) is 0 Å². The summed E-state index contributed by atoms with van der Waals surface area (Å²) in [5.41, 5.74) is 1.44. The summed E-state index contributed by atoms with van der Waals surface area (Å²) in [6.45, 7) is 9.03. The van der Waals surface area contributed by atoms with Crippen molar-refractivity contribution in [1.82, 2.24) is 20.0 Å². The van der Waals surface area contributed by atoms with E-state index in [1.807, 2.05) is 16.9 Å². The Labute approximate surface area is 152 Å². The van der Waals surface area contributed by atoms with Gasteiger partial charge in [0.25, 0.3) is 0 Å². The molecule has 136 valence electrons. The van der Waals surface area contributed by atoms with Crippen LogP contribution in [0.1, 0.15) is 32.3 Å². The molecule has 25 heavy (non-hydrogen) atoms. The second kappa shape index (κ2) is 9.16. The predicted octanol–water partition coefficient (Wildman–Crippen LogP) is 3.20. The largest absolute Gasteiger partial charge is 0.310 e. The van der Waals surface area contributed by atoms with Gasteiger partial charge in [0.05, 0.1) is 6.54 Å². The van der Waals surface area contributed by atoms with Crippen molar-refractivity contribution >= 4 is 0 Å². The lowest BCUT2D eigenvalue weighted by Crippen LogP contribution is -2.45. The summed E-state index contributed by atoms with van der Waals surface area (Å²) in [5, 5.41) is 8.19. The number of hydrogen-bond acceptors (Lipinski definition) is 3. The molecule has 1 aliphatic heterocycles. The highest BCUT2D eigenvalue weighted by molar-refractivity contribution is 5.15. The van der Waals surface area contributed by atoms with Gasteiger partial charge in [-0.25, -0.2) is 0 Å². The van der Waals surface area contributed by atoms with Gasteiger partial charge in [-0.3, -0.25) is 9.58 Å². The zero-order chi connectivity index (χ0) is 17.5. The van der Waals surface area contributed by atoms with E-state index in [9.17, 15) is 0 Å². The number of nitrogens with zero attached hydrogens (tertiary/aromatic N) is 3. The van der Waals surface area contributed by atoms with Gasteiger partial charge < -0.3 is 5.32 Å². The fourth-order valence-corrected chi connectivity index (χ4v) is 3.75. The molecule has 1 N–H and O–H groups in total. The summed E-state index contributed by atoms with van der Waals surface area (Å²) in [6, 6.07) is 14.0. The first kappa shape index (κ1) is 18.2. The van der Waals surface area contributed by atoms with E-state index in [0.717, 1.165) is 19.5 Å². The third kappa shape index (κ3) is 5.41. The molecule has 3 rings (SSSR count). The third-order valence-electron chi connectivity index (χ3n) is 5.39. The van der Waals surface area contributed by atoms with Gasteiger partial charge in [0.2, 0.25) is 0 Å². The van der Waals surface area contributed by atoms with E-state index >= 15 is 0 Å². The van der Waals surface area contributed by atoms with Gasteiger partial charge in [0, 0.05) is 37.6 Å². The first-order chi connectivity index (χ1) is 12.2. The summed E-state index contributed by atoms with van der Waals surface area (Å²) < 4.78 is 2.04. The van der Waals surface area contributed by atoms with Crippen LogP contribution in [-0.2, 0) is 13.0 Å². The van der Waals surface area contributed by atoms with Crippen molar-refractivity contribution < 1.29 is 0 Å². The maximum atomic E-state index is 4.36. The number of nitrogens with one attached hydrogen (secondary N) is 1. The van der Waals surface area contributed by atoms with Crippen LogP contribution in [0.25, 0.3) is 0 Å². The van der Waals surface area contributed by atoms with Gasteiger partial charge in [-0.1, -0.05) is 44.2 Å². The Balaban J connectivity index is 1.48. The minimum atomic E-state index is 0.469. The molecule has 1 aromatic carbocycles. The van der Waals surface area contributed by atoms with Gasteiger partial charge >= 0.3 is 0 Å². The molecule has 2 heterocycles. The maximum absolute atomic E-state index is 4.36. The molecule has 0 unspecified atom stereocenters. The van der Waals surface area contributed by atoms with Crippen LogP contribution in [0.2, 0.25) is 0 Å². The van der Waals surface area contributed by atoms with Crippen LogP contribution in [0.5, 0.6) is 0 Å². The zero-order valence-electron chi connectivity index (χ0n) is 15.6. The molecule has 2 aromatic rings. The second-order valence-corrected chi connectivity index (χ2v) is 7.55.